The summed E-state index contributed by atoms with van der Waals surface area (Å²) in [6.45, 7) is 6.39. The zero-order chi connectivity index (χ0) is 14.3. The monoisotopic (exact) mass is 285 g/mol. The van der Waals surface area contributed by atoms with Crippen LogP contribution in [-0.2, 0) is 6.42 Å². The minimum absolute atomic E-state index is 0.241. The fourth-order valence-corrected chi connectivity index (χ4v) is 2.55. The molecule has 0 aliphatic rings. The van der Waals surface area contributed by atoms with Crippen LogP contribution >= 0.6 is 11.3 Å². The molecule has 0 aromatic carbocycles. The van der Waals surface area contributed by atoms with E-state index < -0.39 is 0 Å². The Balaban J connectivity index is 2.30. The Kier molecular flexibility index (Phi) is 6.80. The van der Waals surface area contributed by atoms with E-state index in [1.807, 2.05) is 12.3 Å². The predicted molar refractivity (Wildman–Crippen MR) is 78.6 cm³/mol. The van der Waals surface area contributed by atoms with Crippen molar-refractivity contribution in [2.24, 2.45) is 5.92 Å². The maximum absolute atomic E-state index is 11.7. The van der Waals surface area contributed by atoms with Crippen molar-refractivity contribution in [1.29, 1.82) is 0 Å². The minimum Gasteiger partial charge on any atom is -0.393 e. The second-order valence-corrected chi connectivity index (χ2v) is 5.78. The number of rotatable bonds is 7. The second kappa shape index (κ2) is 8.12. The number of thiazole rings is 1. The molecule has 0 saturated heterocycles. The van der Waals surface area contributed by atoms with Crippen molar-refractivity contribution in [3.63, 3.8) is 0 Å². The molecule has 1 aromatic rings. The lowest BCUT2D eigenvalue weighted by molar-refractivity contribution is 0.163. The largest absolute Gasteiger partial charge is 0.393 e. The molecule has 2 amide bonds. The molecule has 1 rings (SSSR count). The summed E-state index contributed by atoms with van der Waals surface area (Å²) in [6.07, 6.45) is 2.32. The van der Waals surface area contributed by atoms with E-state index in [1.54, 1.807) is 6.92 Å². The number of nitrogens with one attached hydrogen (secondary N) is 2. The fraction of sp³-hybridized carbons (Fsp3) is 0.692. The highest BCUT2D eigenvalue weighted by atomic mass is 32.1. The minimum atomic E-state index is -0.338. The van der Waals surface area contributed by atoms with Crippen LogP contribution in [0.15, 0.2) is 5.38 Å². The van der Waals surface area contributed by atoms with E-state index in [-0.39, 0.29) is 18.1 Å². The predicted octanol–water partition coefficient (Wildman–Crippen LogP) is 2.62. The number of amides is 2. The standard InChI is InChI=1S/C13H23N3O2S/c1-4-5-11-8-19-13(15-11)16-12(18)14-7-9(2)6-10(3)17/h8-10,17H,4-7H2,1-3H3,(H2,14,15,16,18). The lowest BCUT2D eigenvalue weighted by Crippen LogP contribution is -2.33. The van der Waals surface area contributed by atoms with Gasteiger partial charge in [0, 0.05) is 11.9 Å². The van der Waals surface area contributed by atoms with E-state index in [4.69, 9.17) is 0 Å². The van der Waals surface area contributed by atoms with Crippen LogP contribution in [0.5, 0.6) is 0 Å². The van der Waals surface area contributed by atoms with Crippen molar-refractivity contribution in [3.8, 4) is 0 Å². The molecular formula is C13H23N3O2S. The number of hydrogen-bond donors (Lipinski definition) is 3. The normalized spacial score (nSPS) is 13.9. The van der Waals surface area contributed by atoms with Gasteiger partial charge in [0.15, 0.2) is 5.13 Å². The molecule has 0 radical (unpaired) electrons. The second-order valence-electron chi connectivity index (χ2n) is 4.92. The molecular weight excluding hydrogens is 262 g/mol. The smallest absolute Gasteiger partial charge is 0.321 e. The maximum Gasteiger partial charge on any atom is 0.321 e. The highest BCUT2D eigenvalue weighted by molar-refractivity contribution is 7.13. The first-order valence-electron chi connectivity index (χ1n) is 6.68. The van der Waals surface area contributed by atoms with Gasteiger partial charge in [0.05, 0.1) is 11.8 Å². The fourth-order valence-electron chi connectivity index (χ4n) is 1.81. The average Bonchev–Trinajstić information content (AvgIpc) is 2.73. The molecule has 0 aliphatic heterocycles. The summed E-state index contributed by atoms with van der Waals surface area (Å²) >= 11 is 1.44. The Bertz CT molecular complexity index is 393. The summed E-state index contributed by atoms with van der Waals surface area (Å²) < 4.78 is 0. The van der Waals surface area contributed by atoms with Gasteiger partial charge in [0.25, 0.3) is 0 Å². The highest BCUT2D eigenvalue weighted by Crippen LogP contribution is 2.16. The Morgan fingerprint density at radius 1 is 1.53 bits per heavy atom. The molecule has 2 atom stereocenters. The Morgan fingerprint density at radius 3 is 2.89 bits per heavy atom. The molecule has 5 nitrogen and oxygen atoms in total. The summed E-state index contributed by atoms with van der Waals surface area (Å²) in [7, 11) is 0. The molecule has 6 heteroatoms. The zero-order valence-electron chi connectivity index (χ0n) is 11.8. The molecule has 3 N–H and O–H groups in total. The number of anilines is 1. The van der Waals surface area contributed by atoms with Gasteiger partial charge in [-0.25, -0.2) is 9.78 Å². The zero-order valence-corrected chi connectivity index (χ0v) is 12.6. The van der Waals surface area contributed by atoms with Gasteiger partial charge < -0.3 is 10.4 Å². The number of nitrogens with zero attached hydrogens (tertiary/aromatic N) is 1. The van der Waals surface area contributed by atoms with Crippen molar-refractivity contribution >= 4 is 22.5 Å². The van der Waals surface area contributed by atoms with Crippen molar-refractivity contribution < 1.29 is 9.90 Å². The van der Waals surface area contributed by atoms with E-state index in [2.05, 4.69) is 22.5 Å². The van der Waals surface area contributed by atoms with Crippen molar-refractivity contribution in [2.75, 3.05) is 11.9 Å². The number of aryl methyl sites for hydroxylation is 1. The SMILES string of the molecule is CCCc1csc(NC(=O)NCC(C)CC(C)O)n1. The number of aliphatic hydroxyl groups is 1. The van der Waals surface area contributed by atoms with Gasteiger partial charge in [0.2, 0.25) is 0 Å². The third-order valence-corrected chi connectivity index (χ3v) is 3.44. The van der Waals surface area contributed by atoms with Gasteiger partial charge in [0.1, 0.15) is 0 Å². The molecule has 0 saturated carbocycles. The van der Waals surface area contributed by atoms with Crippen molar-refractivity contribution in [3.05, 3.63) is 11.1 Å². The number of carbonyl (C=O) groups is 1. The van der Waals surface area contributed by atoms with E-state index in [9.17, 15) is 9.90 Å². The van der Waals surface area contributed by atoms with Crippen molar-refractivity contribution in [2.45, 2.75) is 46.1 Å². The third kappa shape index (κ3) is 6.54. The van der Waals surface area contributed by atoms with Crippen LogP contribution in [0.4, 0.5) is 9.93 Å². The molecule has 0 aliphatic carbocycles. The van der Waals surface area contributed by atoms with Gasteiger partial charge in [-0.1, -0.05) is 20.3 Å². The van der Waals surface area contributed by atoms with Crippen LogP contribution in [0.1, 0.15) is 39.3 Å². The van der Waals surface area contributed by atoms with Gasteiger partial charge in [-0.3, -0.25) is 5.32 Å². The number of urea groups is 1. The number of aliphatic hydroxyl groups excluding tert-OH is 1. The molecule has 1 heterocycles. The molecule has 108 valence electrons. The Hall–Kier alpha value is -1.14. The molecule has 0 spiro atoms. The summed E-state index contributed by atoms with van der Waals surface area (Å²) in [4.78, 5) is 16.0. The van der Waals surface area contributed by atoms with Crippen LogP contribution in [-0.4, -0.2) is 28.8 Å². The van der Waals surface area contributed by atoms with Crippen LogP contribution in [0.3, 0.4) is 0 Å². The van der Waals surface area contributed by atoms with E-state index in [0.717, 1.165) is 18.5 Å². The van der Waals surface area contributed by atoms with Gasteiger partial charge >= 0.3 is 6.03 Å². The number of hydrogen-bond acceptors (Lipinski definition) is 4. The lowest BCUT2D eigenvalue weighted by Gasteiger charge is -2.14. The average molecular weight is 285 g/mol. The van der Waals surface area contributed by atoms with Gasteiger partial charge in [-0.15, -0.1) is 11.3 Å². The first-order valence-corrected chi connectivity index (χ1v) is 7.56. The summed E-state index contributed by atoms with van der Waals surface area (Å²) in [6, 6.07) is -0.241. The first-order chi connectivity index (χ1) is 9.01. The summed E-state index contributed by atoms with van der Waals surface area (Å²) in [5, 5.41) is 17.3. The first kappa shape index (κ1) is 15.9. The molecule has 2 unspecified atom stereocenters. The Morgan fingerprint density at radius 2 is 2.26 bits per heavy atom. The number of carbonyl (C=O) groups excluding carboxylic acids is 1. The van der Waals surface area contributed by atoms with Crippen LogP contribution < -0.4 is 10.6 Å². The molecule has 19 heavy (non-hydrogen) atoms. The topological polar surface area (TPSA) is 74.2 Å². The van der Waals surface area contributed by atoms with Gasteiger partial charge in [-0.2, -0.15) is 0 Å². The van der Waals surface area contributed by atoms with Crippen molar-refractivity contribution in [1.82, 2.24) is 10.3 Å². The molecule has 0 fully saturated rings. The van der Waals surface area contributed by atoms with E-state index in [0.29, 0.717) is 18.1 Å². The van der Waals surface area contributed by atoms with Crippen LogP contribution in [0.2, 0.25) is 0 Å². The van der Waals surface area contributed by atoms with E-state index >= 15 is 0 Å². The quantitative estimate of drug-likeness (QED) is 0.721. The highest BCUT2D eigenvalue weighted by Gasteiger charge is 2.09. The molecule has 1 aromatic heterocycles. The maximum atomic E-state index is 11.7. The van der Waals surface area contributed by atoms with Crippen LogP contribution in [0.25, 0.3) is 0 Å². The van der Waals surface area contributed by atoms with Crippen LogP contribution in [0, 0.1) is 5.92 Å². The lowest BCUT2D eigenvalue weighted by atomic mass is 10.1. The van der Waals surface area contributed by atoms with E-state index in [1.165, 1.54) is 11.3 Å². The number of aromatic nitrogens is 1. The Labute approximate surface area is 118 Å². The molecule has 0 bridgehead atoms. The summed E-state index contributed by atoms with van der Waals surface area (Å²) in [5.74, 6) is 0.248. The summed E-state index contributed by atoms with van der Waals surface area (Å²) in [5.41, 5.74) is 1.02. The van der Waals surface area contributed by atoms with Gasteiger partial charge in [-0.05, 0) is 25.7 Å². The third-order valence-electron chi connectivity index (χ3n) is 2.63.